The maximum Gasteiger partial charge on any atom is 0.0542 e. The molecule has 4 fully saturated rings. The molecule has 2 nitrogen and oxygen atoms in total. The number of nitrogens with zero attached hydrogens (tertiary/aromatic N) is 2. The van der Waals surface area contributed by atoms with E-state index < -0.39 is 0 Å². The van der Waals surface area contributed by atoms with Crippen LogP contribution in [-0.4, -0.2) is 4.57 Å². The molecule has 0 unspecified atom stereocenters. The first-order chi connectivity index (χ1) is 29.1. The second kappa shape index (κ2) is 13.3. The summed E-state index contributed by atoms with van der Waals surface area (Å²) in [4.78, 5) is 2.52. The van der Waals surface area contributed by atoms with E-state index in [0.717, 1.165) is 23.2 Å². The van der Waals surface area contributed by atoms with Crippen molar-refractivity contribution in [1.82, 2.24) is 4.57 Å². The highest BCUT2D eigenvalue weighted by Gasteiger charge is 2.61. The predicted octanol–water partition coefficient (Wildman–Crippen LogP) is 12.9. The van der Waals surface area contributed by atoms with Crippen molar-refractivity contribution in [3.8, 4) is 16.8 Å². The zero-order chi connectivity index (χ0) is 39.2. The van der Waals surface area contributed by atoms with E-state index in [1.807, 2.05) is 0 Å². The van der Waals surface area contributed by atoms with Gasteiger partial charge in [0.05, 0.1) is 16.7 Å². The number of hydrogen-bond donors (Lipinski definition) is 0. The third kappa shape index (κ3) is 5.05. The van der Waals surface area contributed by atoms with Crippen LogP contribution in [-0.2, 0) is 5.41 Å². The molecule has 0 saturated heterocycles. The molecule has 5 aliphatic carbocycles. The summed E-state index contributed by atoms with van der Waals surface area (Å²) >= 11 is 0. The van der Waals surface area contributed by atoms with E-state index in [1.165, 1.54) is 98.0 Å². The van der Waals surface area contributed by atoms with Crippen molar-refractivity contribution in [2.75, 3.05) is 4.90 Å². The van der Waals surface area contributed by atoms with Gasteiger partial charge in [0, 0.05) is 38.5 Å². The summed E-state index contributed by atoms with van der Waals surface area (Å²) in [6.07, 6.45) is 9.00. The molecule has 13 rings (SSSR count). The maximum absolute atomic E-state index is 4.59. The molecule has 0 aliphatic heterocycles. The monoisotopic (exact) mass is 760 g/mol. The predicted molar refractivity (Wildman–Crippen MR) is 247 cm³/mol. The highest BCUT2D eigenvalue weighted by atomic mass is 15.1. The van der Waals surface area contributed by atoms with Crippen LogP contribution in [0.2, 0.25) is 0 Å². The van der Waals surface area contributed by atoms with E-state index in [9.17, 15) is 0 Å². The van der Waals surface area contributed by atoms with E-state index in [4.69, 9.17) is 0 Å². The number of aromatic nitrogens is 1. The minimum Gasteiger partial charge on any atom is -0.310 e. The van der Waals surface area contributed by atoms with Gasteiger partial charge in [-0.05, 0) is 156 Å². The lowest BCUT2D eigenvalue weighted by atomic mass is 9.43. The number of anilines is 2. The lowest BCUT2D eigenvalue weighted by Gasteiger charge is -2.61. The van der Waals surface area contributed by atoms with Gasteiger partial charge >= 0.3 is 0 Å². The van der Waals surface area contributed by atoms with Gasteiger partial charge in [0.2, 0.25) is 0 Å². The minimum atomic E-state index is 0.0675. The lowest BCUT2D eigenvalue weighted by molar-refractivity contribution is -0.0399. The molecule has 0 N–H and O–H groups in total. The van der Waals surface area contributed by atoms with Crippen LogP contribution in [0.4, 0.5) is 11.4 Å². The Morgan fingerprint density at radius 2 is 1.15 bits per heavy atom. The molecule has 0 atom stereocenters. The Balaban J connectivity index is 1.15. The Hall–Kier alpha value is -6.38. The van der Waals surface area contributed by atoms with Crippen LogP contribution in [0.15, 0.2) is 183 Å². The summed E-state index contributed by atoms with van der Waals surface area (Å²) < 4.78 is 2.41. The molecular weight excluding hydrogens is 713 g/mol. The zero-order valence-electron chi connectivity index (χ0n) is 33.7. The second-order valence-electron chi connectivity index (χ2n) is 17.8. The van der Waals surface area contributed by atoms with E-state index in [1.54, 1.807) is 11.1 Å². The van der Waals surface area contributed by atoms with Gasteiger partial charge < -0.3 is 9.47 Å². The molecule has 4 bridgehead atoms. The van der Waals surface area contributed by atoms with Crippen LogP contribution >= 0.6 is 0 Å². The molecule has 0 radical (unpaired) electrons. The summed E-state index contributed by atoms with van der Waals surface area (Å²) in [5, 5.41) is 4.87. The fraction of sp³-hybridized carbons (Fsp3) is 0.193. The van der Waals surface area contributed by atoms with Gasteiger partial charge in [0.1, 0.15) is 0 Å². The largest absolute Gasteiger partial charge is 0.310 e. The fourth-order valence-corrected chi connectivity index (χ4v) is 12.9. The van der Waals surface area contributed by atoms with Gasteiger partial charge in [-0.1, -0.05) is 128 Å². The van der Waals surface area contributed by atoms with Crippen molar-refractivity contribution in [3.05, 3.63) is 210 Å². The quantitative estimate of drug-likeness (QED) is 0.164. The van der Waals surface area contributed by atoms with Crippen molar-refractivity contribution < 1.29 is 0 Å². The van der Waals surface area contributed by atoms with Crippen LogP contribution in [0.25, 0.3) is 49.9 Å². The highest BCUT2D eigenvalue weighted by Crippen LogP contribution is 2.69. The van der Waals surface area contributed by atoms with Crippen molar-refractivity contribution in [2.45, 2.75) is 44.4 Å². The maximum atomic E-state index is 4.59. The van der Waals surface area contributed by atoms with Crippen LogP contribution in [0.1, 0.15) is 55.7 Å². The molecule has 1 heterocycles. The number of benzene rings is 7. The third-order valence-corrected chi connectivity index (χ3v) is 15.0. The van der Waals surface area contributed by atoms with Crippen LogP contribution in [0.3, 0.4) is 0 Å². The second-order valence-corrected chi connectivity index (χ2v) is 17.8. The van der Waals surface area contributed by atoms with Gasteiger partial charge in [-0.25, -0.2) is 0 Å². The average Bonchev–Trinajstić information content (AvgIpc) is 3.77. The zero-order valence-corrected chi connectivity index (χ0v) is 33.7. The molecule has 7 aromatic carbocycles. The number of rotatable bonds is 6. The summed E-state index contributed by atoms with van der Waals surface area (Å²) in [5.74, 6) is 3.17. The first-order valence-corrected chi connectivity index (χ1v) is 21.7. The molecule has 286 valence electrons. The van der Waals surface area contributed by atoms with Gasteiger partial charge in [0.15, 0.2) is 0 Å². The number of hydrogen-bond acceptors (Lipinski definition) is 1. The van der Waals surface area contributed by atoms with E-state index in [-0.39, 0.29) is 5.41 Å². The normalized spacial score (nSPS) is 23.3. The molecule has 1 aromatic heterocycles. The van der Waals surface area contributed by atoms with Crippen molar-refractivity contribution >= 4 is 44.5 Å². The molecular formula is C57H48N2. The molecule has 1 spiro atoms. The van der Waals surface area contributed by atoms with Crippen molar-refractivity contribution in [1.29, 1.82) is 0 Å². The van der Waals surface area contributed by atoms with E-state index >= 15 is 0 Å². The van der Waals surface area contributed by atoms with Gasteiger partial charge in [0.25, 0.3) is 0 Å². The van der Waals surface area contributed by atoms with Crippen molar-refractivity contribution in [2.24, 2.45) is 23.7 Å². The van der Waals surface area contributed by atoms with Gasteiger partial charge in [-0.3, -0.25) is 0 Å². The smallest absolute Gasteiger partial charge is 0.0542 e. The number of para-hydroxylation sites is 2. The summed E-state index contributed by atoms with van der Waals surface area (Å²) in [6.45, 7) is 6.85. The first kappa shape index (κ1) is 34.6. The summed E-state index contributed by atoms with van der Waals surface area (Å²) in [7, 11) is 0. The molecule has 59 heavy (non-hydrogen) atoms. The minimum absolute atomic E-state index is 0.0675. The lowest BCUT2D eigenvalue weighted by Crippen LogP contribution is -2.55. The Morgan fingerprint density at radius 3 is 1.92 bits per heavy atom. The Kier molecular flexibility index (Phi) is 7.83. The summed E-state index contributed by atoms with van der Waals surface area (Å²) in [6, 6.07) is 63.4. The van der Waals surface area contributed by atoms with E-state index in [0.29, 0.717) is 11.8 Å². The first-order valence-electron chi connectivity index (χ1n) is 21.7. The fourth-order valence-electron chi connectivity index (χ4n) is 12.9. The van der Waals surface area contributed by atoms with Gasteiger partial charge in [-0.15, -0.1) is 0 Å². The van der Waals surface area contributed by atoms with Crippen LogP contribution < -0.4 is 15.3 Å². The summed E-state index contributed by atoms with van der Waals surface area (Å²) in [5.41, 5.74) is 15.6. The molecule has 5 aliphatic rings. The van der Waals surface area contributed by atoms with Gasteiger partial charge in [-0.2, -0.15) is 0 Å². The van der Waals surface area contributed by atoms with Crippen LogP contribution in [0.5, 0.6) is 0 Å². The van der Waals surface area contributed by atoms with Crippen molar-refractivity contribution in [3.63, 3.8) is 0 Å². The molecule has 8 aromatic rings. The highest BCUT2D eigenvalue weighted by molar-refractivity contribution is 6.11. The third-order valence-electron chi connectivity index (χ3n) is 15.0. The Labute approximate surface area is 347 Å². The topological polar surface area (TPSA) is 8.17 Å². The Morgan fingerprint density at radius 1 is 0.559 bits per heavy atom. The average molecular weight is 761 g/mol. The Bertz CT molecular complexity index is 3070. The van der Waals surface area contributed by atoms with Crippen LogP contribution in [0, 0.1) is 23.7 Å². The molecule has 0 amide bonds. The SMILES string of the molecule is C=C/C(=c1/cccc/c1=C(/C)c1ccccc1)N(c1ccc2c(c1)C1(c3ccccc3-2)C2CC3CC(C2)CC1C3)c1ccc2c(c1)c1ccccc1n2-c1ccccc1. The van der Waals surface area contributed by atoms with E-state index in [2.05, 4.69) is 199 Å². The number of fused-ring (bicyclic) bond motifs is 6. The molecule has 2 heteroatoms. The standard InChI is InChI=1S/C57H48N2/c1-3-54(49-22-11-10-20-46(49)37(2)40-16-6-4-7-17-40)58(44-27-29-56-51(35-44)50-23-13-15-25-55(50)59(56)43-18-8-5-9-19-43)45-26-28-48-47-21-12-14-24-52(47)57(53(48)36-45)41-31-38-30-39(33-41)34-42(57)32-38/h3-29,35-36,38-39,41-42H,1,30-34H2,2H3/b46-37+,54-49+. The molecule has 4 saturated carbocycles.